The summed E-state index contributed by atoms with van der Waals surface area (Å²) in [5.41, 5.74) is 2.08. The Kier molecular flexibility index (Phi) is 4.72. The Morgan fingerprint density at radius 2 is 1.85 bits per heavy atom. The maximum Gasteiger partial charge on any atom is 0.253 e. The van der Waals surface area contributed by atoms with Gasteiger partial charge in [0, 0.05) is 10.5 Å². The van der Waals surface area contributed by atoms with E-state index < -0.39 is 11.6 Å². The van der Waals surface area contributed by atoms with Crippen LogP contribution in [0.15, 0.2) is 62.4 Å². The first kappa shape index (κ1) is 17.4. The predicted octanol–water partition coefficient (Wildman–Crippen LogP) is 5.27. The molecule has 0 unspecified atom stereocenters. The Labute approximate surface area is 157 Å². The molecule has 0 amide bonds. The summed E-state index contributed by atoms with van der Waals surface area (Å²) in [4.78, 5) is 0.181. The van der Waals surface area contributed by atoms with Crippen molar-refractivity contribution in [2.45, 2.75) is 17.6 Å². The second-order valence-corrected chi connectivity index (χ2v) is 6.71. The topological polar surface area (TPSA) is 65.0 Å². The van der Waals surface area contributed by atoms with Crippen LogP contribution in [-0.2, 0) is 5.75 Å². The van der Waals surface area contributed by atoms with Crippen LogP contribution in [-0.4, -0.2) is 15.4 Å². The number of benzene rings is 2. The highest BCUT2D eigenvalue weighted by atomic mass is 32.2. The van der Waals surface area contributed by atoms with E-state index >= 15 is 0 Å². The quantitative estimate of drug-likeness (QED) is 0.436. The zero-order valence-corrected chi connectivity index (χ0v) is 15.0. The molecule has 2 aromatic carbocycles. The first-order chi connectivity index (χ1) is 13.1. The Balaban J connectivity index is 1.59. The van der Waals surface area contributed by atoms with E-state index in [9.17, 15) is 8.78 Å². The van der Waals surface area contributed by atoms with Crippen molar-refractivity contribution in [3.05, 3.63) is 71.8 Å². The van der Waals surface area contributed by atoms with E-state index in [1.165, 1.54) is 0 Å². The van der Waals surface area contributed by atoms with Gasteiger partial charge in [0.15, 0.2) is 0 Å². The number of rotatable bonds is 5. The number of thioether (sulfide) groups is 1. The van der Waals surface area contributed by atoms with Gasteiger partial charge in [-0.3, -0.25) is 0 Å². The molecule has 2 heterocycles. The van der Waals surface area contributed by atoms with Gasteiger partial charge in [-0.15, -0.1) is 22.0 Å². The van der Waals surface area contributed by atoms with E-state index in [0.29, 0.717) is 22.9 Å². The maximum atomic E-state index is 13.7. The van der Waals surface area contributed by atoms with Crippen LogP contribution in [0.3, 0.4) is 0 Å². The zero-order chi connectivity index (χ0) is 18.8. The zero-order valence-electron chi connectivity index (χ0n) is 14.1. The molecule has 8 heteroatoms. The summed E-state index contributed by atoms with van der Waals surface area (Å²) in [7, 11) is 0. The van der Waals surface area contributed by atoms with Gasteiger partial charge in [-0.2, -0.15) is 0 Å². The molecule has 5 nitrogen and oxygen atoms in total. The summed E-state index contributed by atoms with van der Waals surface area (Å²) in [6, 6.07) is 12.8. The SMILES string of the molecule is Cc1onc(-c2ccccc2)c1-c1nnc(CSc2cc(F)ccc2F)o1. The second-order valence-electron chi connectivity index (χ2n) is 5.69. The number of nitrogens with zero attached hydrogens (tertiary/aromatic N) is 3. The van der Waals surface area contributed by atoms with E-state index in [1.54, 1.807) is 6.92 Å². The Morgan fingerprint density at radius 1 is 1.04 bits per heavy atom. The smallest absolute Gasteiger partial charge is 0.253 e. The van der Waals surface area contributed by atoms with Gasteiger partial charge in [0.1, 0.15) is 28.7 Å². The lowest BCUT2D eigenvalue weighted by molar-refractivity contribution is 0.399. The van der Waals surface area contributed by atoms with Crippen LogP contribution in [0.2, 0.25) is 0 Å². The van der Waals surface area contributed by atoms with Crippen LogP contribution in [0.4, 0.5) is 8.78 Å². The van der Waals surface area contributed by atoms with Crippen molar-refractivity contribution in [1.82, 2.24) is 15.4 Å². The van der Waals surface area contributed by atoms with Crippen molar-refractivity contribution in [2.24, 2.45) is 0 Å². The fraction of sp³-hybridized carbons (Fsp3) is 0.105. The minimum absolute atomic E-state index is 0.181. The third-order valence-electron chi connectivity index (χ3n) is 3.84. The minimum Gasteiger partial charge on any atom is -0.420 e. The van der Waals surface area contributed by atoms with Gasteiger partial charge in [-0.25, -0.2) is 8.78 Å². The molecule has 136 valence electrons. The molecule has 0 N–H and O–H groups in total. The van der Waals surface area contributed by atoms with Crippen LogP contribution < -0.4 is 0 Å². The fourth-order valence-corrected chi connectivity index (χ4v) is 3.35. The lowest BCUT2D eigenvalue weighted by atomic mass is 10.1. The molecule has 0 saturated carbocycles. The Hall–Kier alpha value is -3.00. The first-order valence-electron chi connectivity index (χ1n) is 8.04. The summed E-state index contributed by atoms with van der Waals surface area (Å²) >= 11 is 1.08. The van der Waals surface area contributed by atoms with E-state index in [0.717, 1.165) is 35.5 Å². The molecule has 0 fully saturated rings. The fourth-order valence-electron chi connectivity index (χ4n) is 2.56. The van der Waals surface area contributed by atoms with E-state index in [1.807, 2.05) is 30.3 Å². The third kappa shape index (κ3) is 3.61. The van der Waals surface area contributed by atoms with E-state index in [2.05, 4.69) is 15.4 Å². The number of hydrogen-bond acceptors (Lipinski definition) is 6. The Morgan fingerprint density at radius 3 is 2.67 bits per heavy atom. The van der Waals surface area contributed by atoms with Crippen molar-refractivity contribution in [1.29, 1.82) is 0 Å². The van der Waals surface area contributed by atoms with Gasteiger partial charge in [0.25, 0.3) is 5.89 Å². The molecule has 0 aliphatic heterocycles. The van der Waals surface area contributed by atoms with Gasteiger partial charge in [0.05, 0.1) is 5.75 Å². The molecule has 4 aromatic rings. The highest BCUT2D eigenvalue weighted by molar-refractivity contribution is 7.98. The standard InChI is InChI=1S/C19H13F2N3O2S/c1-11-17(18(24-26-11)12-5-3-2-4-6-12)19-23-22-16(25-19)10-27-15-9-13(20)7-8-14(15)21/h2-9H,10H2,1H3. The summed E-state index contributed by atoms with van der Waals surface area (Å²) in [5, 5.41) is 12.1. The predicted molar refractivity (Wildman–Crippen MR) is 95.9 cm³/mol. The highest BCUT2D eigenvalue weighted by Crippen LogP contribution is 2.34. The van der Waals surface area contributed by atoms with Gasteiger partial charge in [0.2, 0.25) is 5.89 Å². The maximum absolute atomic E-state index is 13.7. The average molecular weight is 385 g/mol. The third-order valence-corrected chi connectivity index (χ3v) is 4.85. The summed E-state index contributed by atoms with van der Waals surface area (Å²) in [6.07, 6.45) is 0. The van der Waals surface area contributed by atoms with Gasteiger partial charge < -0.3 is 8.94 Å². The van der Waals surface area contributed by atoms with Crippen molar-refractivity contribution < 1.29 is 17.7 Å². The van der Waals surface area contributed by atoms with E-state index in [-0.39, 0.29) is 16.5 Å². The lowest BCUT2D eigenvalue weighted by Crippen LogP contribution is -1.86. The molecule has 0 saturated heterocycles. The van der Waals surface area contributed by atoms with Crippen LogP contribution in [0, 0.1) is 18.6 Å². The summed E-state index contributed by atoms with van der Waals surface area (Å²) in [6.45, 7) is 1.76. The minimum atomic E-state index is -0.502. The molecule has 0 aliphatic carbocycles. The molecule has 2 aromatic heterocycles. The molecule has 27 heavy (non-hydrogen) atoms. The number of aromatic nitrogens is 3. The molecule has 0 bridgehead atoms. The number of halogens is 2. The molecule has 4 rings (SSSR count). The van der Waals surface area contributed by atoms with Crippen molar-refractivity contribution in [2.75, 3.05) is 0 Å². The van der Waals surface area contributed by atoms with Crippen LogP contribution in [0.25, 0.3) is 22.7 Å². The van der Waals surface area contributed by atoms with Crippen molar-refractivity contribution in [3.63, 3.8) is 0 Å². The molecule has 0 atom stereocenters. The van der Waals surface area contributed by atoms with Gasteiger partial charge in [-0.05, 0) is 25.1 Å². The van der Waals surface area contributed by atoms with Gasteiger partial charge in [-0.1, -0.05) is 35.5 Å². The normalized spacial score (nSPS) is 11.1. The Bertz CT molecular complexity index is 1080. The van der Waals surface area contributed by atoms with Crippen molar-refractivity contribution >= 4 is 11.8 Å². The second kappa shape index (κ2) is 7.32. The summed E-state index contributed by atoms with van der Waals surface area (Å²) < 4.78 is 38.0. The van der Waals surface area contributed by atoms with Crippen LogP contribution in [0.5, 0.6) is 0 Å². The number of aryl methyl sites for hydroxylation is 1. The molecule has 0 aliphatic rings. The first-order valence-corrected chi connectivity index (χ1v) is 9.02. The average Bonchev–Trinajstić information content (AvgIpc) is 3.29. The number of hydrogen-bond donors (Lipinski definition) is 0. The molecule has 0 spiro atoms. The lowest BCUT2D eigenvalue weighted by Gasteiger charge is -2.01. The molecular weight excluding hydrogens is 372 g/mol. The van der Waals surface area contributed by atoms with Crippen LogP contribution >= 0.6 is 11.8 Å². The van der Waals surface area contributed by atoms with Gasteiger partial charge >= 0.3 is 0 Å². The monoisotopic (exact) mass is 385 g/mol. The molecule has 0 radical (unpaired) electrons. The van der Waals surface area contributed by atoms with E-state index in [4.69, 9.17) is 8.94 Å². The highest BCUT2D eigenvalue weighted by Gasteiger charge is 2.22. The van der Waals surface area contributed by atoms with Crippen LogP contribution in [0.1, 0.15) is 11.7 Å². The summed E-state index contributed by atoms with van der Waals surface area (Å²) in [5.74, 6) is 0.312. The largest absolute Gasteiger partial charge is 0.420 e. The van der Waals surface area contributed by atoms with Crippen molar-refractivity contribution in [3.8, 4) is 22.7 Å². The molecular formula is C19H13F2N3O2S.